The van der Waals surface area contributed by atoms with Crippen molar-refractivity contribution in [3.63, 3.8) is 0 Å². The summed E-state index contributed by atoms with van der Waals surface area (Å²) in [6, 6.07) is 2.27. The molecule has 0 N–H and O–H groups in total. The van der Waals surface area contributed by atoms with E-state index < -0.39 is 0 Å². The molecule has 0 saturated heterocycles. The minimum Gasteiger partial charge on any atom is -0.149 e. The third-order valence-corrected chi connectivity index (χ3v) is 3.11. The summed E-state index contributed by atoms with van der Waals surface area (Å²) >= 11 is 1.91. The summed E-state index contributed by atoms with van der Waals surface area (Å²) in [7, 11) is 0. The van der Waals surface area contributed by atoms with Gasteiger partial charge in [-0.1, -0.05) is 13.8 Å². The Balaban J connectivity index is 2.37. The van der Waals surface area contributed by atoms with Gasteiger partial charge in [-0.2, -0.15) is 0 Å². The van der Waals surface area contributed by atoms with Gasteiger partial charge in [-0.05, 0) is 35.3 Å². The molecule has 0 aliphatic heterocycles. The minimum absolute atomic E-state index is 0.544. The van der Waals surface area contributed by atoms with Crippen LogP contribution in [-0.2, 0) is 12.8 Å². The normalized spacial score (nSPS) is 21.0. The van der Waals surface area contributed by atoms with Crippen LogP contribution in [0.25, 0.3) is 0 Å². The van der Waals surface area contributed by atoms with Crippen molar-refractivity contribution in [3.8, 4) is 0 Å². The van der Waals surface area contributed by atoms with Crippen LogP contribution in [0.5, 0.6) is 0 Å². The number of thiophene rings is 1. The number of fused-ring (bicyclic) bond motifs is 1. The Bertz CT molecular complexity index is 222. The lowest BCUT2D eigenvalue weighted by molar-refractivity contribution is 0.393. The Morgan fingerprint density at radius 1 is 1.40 bits per heavy atom. The summed E-state index contributed by atoms with van der Waals surface area (Å²) in [6.45, 7) is 4.69. The van der Waals surface area contributed by atoms with Crippen LogP contribution in [0.4, 0.5) is 0 Å². The van der Waals surface area contributed by atoms with E-state index in [0.29, 0.717) is 5.41 Å². The van der Waals surface area contributed by atoms with Gasteiger partial charge in [-0.25, -0.2) is 0 Å². The second-order valence-electron chi connectivity index (χ2n) is 3.89. The van der Waals surface area contributed by atoms with Gasteiger partial charge in [-0.15, -0.1) is 11.3 Å². The fraction of sp³-hybridized carbons (Fsp3) is 0.556. The molecule has 1 aliphatic rings. The molecule has 0 nitrogen and oxygen atoms in total. The molecule has 0 saturated carbocycles. The molecule has 1 aliphatic carbocycles. The van der Waals surface area contributed by atoms with E-state index in [1.807, 2.05) is 11.3 Å². The van der Waals surface area contributed by atoms with Gasteiger partial charge >= 0.3 is 0 Å². The maximum absolute atomic E-state index is 2.35. The number of hydrogen-bond acceptors (Lipinski definition) is 1. The van der Waals surface area contributed by atoms with Crippen molar-refractivity contribution < 1.29 is 0 Å². The van der Waals surface area contributed by atoms with Crippen LogP contribution < -0.4 is 0 Å². The van der Waals surface area contributed by atoms with Gasteiger partial charge < -0.3 is 0 Å². The molecule has 0 aromatic carbocycles. The lowest BCUT2D eigenvalue weighted by Gasteiger charge is -2.14. The van der Waals surface area contributed by atoms with E-state index >= 15 is 0 Å². The summed E-state index contributed by atoms with van der Waals surface area (Å²) in [5.74, 6) is 0. The molecule has 0 unspecified atom stereocenters. The first kappa shape index (κ1) is 6.41. The summed E-state index contributed by atoms with van der Waals surface area (Å²) < 4.78 is 0. The van der Waals surface area contributed by atoms with E-state index in [0.717, 1.165) is 0 Å². The second-order valence-corrected chi connectivity index (χ2v) is 4.89. The minimum atomic E-state index is 0.544. The zero-order valence-corrected chi connectivity index (χ0v) is 7.29. The molecule has 0 atom stereocenters. The van der Waals surface area contributed by atoms with Crippen LogP contribution in [0.3, 0.4) is 0 Å². The van der Waals surface area contributed by atoms with Crippen LogP contribution in [0, 0.1) is 5.41 Å². The largest absolute Gasteiger partial charge is 0.149 e. The highest BCUT2D eigenvalue weighted by Gasteiger charge is 2.28. The van der Waals surface area contributed by atoms with E-state index in [-0.39, 0.29) is 0 Å². The van der Waals surface area contributed by atoms with E-state index in [9.17, 15) is 0 Å². The molecule has 1 heterocycles. The molecule has 0 spiro atoms. The Morgan fingerprint density at radius 2 is 2.20 bits per heavy atom. The van der Waals surface area contributed by atoms with Gasteiger partial charge in [0.25, 0.3) is 0 Å². The summed E-state index contributed by atoms with van der Waals surface area (Å²) in [5, 5.41) is 2.21. The third-order valence-electron chi connectivity index (χ3n) is 2.15. The van der Waals surface area contributed by atoms with E-state index in [1.54, 1.807) is 10.4 Å². The van der Waals surface area contributed by atoms with E-state index in [2.05, 4.69) is 25.3 Å². The van der Waals surface area contributed by atoms with E-state index in [1.165, 1.54) is 12.8 Å². The third kappa shape index (κ3) is 0.891. The lowest BCUT2D eigenvalue weighted by Crippen LogP contribution is -2.09. The van der Waals surface area contributed by atoms with Crippen molar-refractivity contribution in [2.24, 2.45) is 5.41 Å². The van der Waals surface area contributed by atoms with Crippen LogP contribution in [0.1, 0.15) is 24.3 Å². The van der Waals surface area contributed by atoms with Crippen molar-refractivity contribution in [2.45, 2.75) is 26.7 Å². The van der Waals surface area contributed by atoms with Crippen molar-refractivity contribution in [1.29, 1.82) is 0 Å². The Kier molecular flexibility index (Phi) is 1.19. The molecule has 0 radical (unpaired) electrons. The molecular weight excluding hydrogens is 140 g/mol. The first-order valence-electron chi connectivity index (χ1n) is 3.73. The van der Waals surface area contributed by atoms with Crippen molar-refractivity contribution in [1.82, 2.24) is 0 Å². The van der Waals surface area contributed by atoms with Crippen molar-refractivity contribution in [3.05, 3.63) is 21.9 Å². The molecule has 1 aromatic rings. The zero-order valence-electron chi connectivity index (χ0n) is 6.48. The first-order chi connectivity index (χ1) is 4.67. The molecule has 1 heteroatoms. The van der Waals surface area contributed by atoms with Crippen LogP contribution in [0.2, 0.25) is 0 Å². The fourth-order valence-corrected chi connectivity index (χ4v) is 2.85. The average Bonchev–Trinajstić information content (AvgIpc) is 2.20. The van der Waals surface area contributed by atoms with Gasteiger partial charge in [0.1, 0.15) is 0 Å². The zero-order chi connectivity index (χ0) is 7.19. The highest BCUT2D eigenvalue weighted by Crippen LogP contribution is 2.38. The molecule has 0 amide bonds. The first-order valence-corrected chi connectivity index (χ1v) is 4.61. The molecular formula is C9H12S. The Labute approximate surface area is 65.9 Å². The molecule has 10 heavy (non-hydrogen) atoms. The fourth-order valence-electron chi connectivity index (χ4n) is 1.69. The Hall–Kier alpha value is -0.300. The van der Waals surface area contributed by atoms with Gasteiger partial charge in [-0.3, -0.25) is 0 Å². The van der Waals surface area contributed by atoms with Crippen LogP contribution in [-0.4, -0.2) is 0 Å². The average molecular weight is 152 g/mol. The monoisotopic (exact) mass is 152 g/mol. The maximum atomic E-state index is 2.35. The second kappa shape index (κ2) is 1.85. The predicted octanol–water partition coefficient (Wildman–Crippen LogP) is 2.87. The highest BCUT2D eigenvalue weighted by atomic mass is 32.1. The highest BCUT2D eigenvalue weighted by molar-refractivity contribution is 7.10. The summed E-state index contributed by atoms with van der Waals surface area (Å²) in [4.78, 5) is 1.62. The Morgan fingerprint density at radius 3 is 2.90 bits per heavy atom. The van der Waals surface area contributed by atoms with Crippen LogP contribution in [0.15, 0.2) is 11.4 Å². The van der Waals surface area contributed by atoms with Gasteiger partial charge in [0.2, 0.25) is 0 Å². The topological polar surface area (TPSA) is 0 Å². The lowest BCUT2D eigenvalue weighted by atomic mass is 9.91. The van der Waals surface area contributed by atoms with Crippen molar-refractivity contribution in [2.75, 3.05) is 0 Å². The molecule has 0 fully saturated rings. The quantitative estimate of drug-likeness (QED) is 0.536. The predicted molar refractivity (Wildman–Crippen MR) is 45.5 cm³/mol. The number of hydrogen-bond donors (Lipinski definition) is 0. The van der Waals surface area contributed by atoms with Crippen LogP contribution >= 0.6 is 11.3 Å². The standard InChI is InChI=1S/C9H12S/c1-9(2)5-7-3-4-10-8(7)6-9/h3-4H,5-6H2,1-2H3. The maximum Gasteiger partial charge on any atom is 0.00828 e. The smallest absolute Gasteiger partial charge is 0.00828 e. The van der Waals surface area contributed by atoms with Gasteiger partial charge in [0, 0.05) is 4.88 Å². The summed E-state index contributed by atoms with van der Waals surface area (Å²) in [5.41, 5.74) is 2.14. The molecule has 1 aromatic heterocycles. The van der Waals surface area contributed by atoms with Gasteiger partial charge in [0.05, 0.1) is 0 Å². The SMILES string of the molecule is CC1(C)Cc2ccsc2C1. The molecule has 2 rings (SSSR count). The van der Waals surface area contributed by atoms with Gasteiger partial charge in [0.15, 0.2) is 0 Å². The molecule has 54 valence electrons. The number of rotatable bonds is 0. The van der Waals surface area contributed by atoms with E-state index in [4.69, 9.17) is 0 Å². The molecule has 0 bridgehead atoms. The van der Waals surface area contributed by atoms with Crippen molar-refractivity contribution >= 4 is 11.3 Å². The summed E-state index contributed by atoms with van der Waals surface area (Å²) in [6.07, 6.45) is 2.58.